The van der Waals surface area contributed by atoms with E-state index in [1.807, 2.05) is 0 Å². The SMILES string of the molecule is COC(=O)C(Cc1ccn(C(F)F)n1)NCC(=O)Nc1cc(Cl)ccc1-n1cc(Cl)nn1. The number of nitrogens with one attached hydrogen (secondary N) is 2. The zero-order valence-corrected chi connectivity index (χ0v) is 18.0. The number of carbonyl (C=O) groups is 2. The van der Waals surface area contributed by atoms with Crippen LogP contribution in [0.25, 0.3) is 5.69 Å². The van der Waals surface area contributed by atoms with Crippen LogP contribution in [0.15, 0.2) is 36.7 Å². The number of aromatic nitrogens is 5. The Morgan fingerprint density at radius 2 is 2.03 bits per heavy atom. The fraction of sp³-hybridized carbons (Fsp3) is 0.278. The summed E-state index contributed by atoms with van der Waals surface area (Å²) in [5.74, 6) is -1.18. The third kappa shape index (κ3) is 5.99. The van der Waals surface area contributed by atoms with Crippen LogP contribution in [0.2, 0.25) is 10.2 Å². The fourth-order valence-corrected chi connectivity index (χ4v) is 3.06. The lowest BCUT2D eigenvalue weighted by molar-refractivity contribution is -0.143. The molecule has 0 aliphatic carbocycles. The van der Waals surface area contributed by atoms with Gasteiger partial charge in [-0.25, -0.2) is 9.36 Å². The average Bonchev–Trinajstić information content (AvgIpc) is 3.40. The highest BCUT2D eigenvalue weighted by molar-refractivity contribution is 6.31. The molecule has 3 aromatic rings. The Labute approximate surface area is 190 Å². The highest BCUT2D eigenvalue weighted by Crippen LogP contribution is 2.24. The van der Waals surface area contributed by atoms with E-state index in [1.54, 1.807) is 12.1 Å². The van der Waals surface area contributed by atoms with E-state index < -0.39 is 24.5 Å². The van der Waals surface area contributed by atoms with E-state index >= 15 is 0 Å². The van der Waals surface area contributed by atoms with Crippen molar-refractivity contribution in [2.45, 2.75) is 19.0 Å². The van der Waals surface area contributed by atoms with Crippen LogP contribution in [0.1, 0.15) is 12.2 Å². The highest BCUT2D eigenvalue weighted by Gasteiger charge is 2.22. The van der Waals surface area contributed by atoms with Crippen molar-refractivity contribution in [1.82, 2.24) is 30.1 Å². The van der Waals surface area contributed by atoms with Crippen LogP contribution < -0.4 is 10.6 Å². The maximum atomic E-state index is 12.7. The summed E-state index contributed by atoms with van der Waals surface area (Å²) >= 11 is 11.8. The van der Waals surface area contributed by atoms with Crippen LogP contribution in [-0.2, 0) is 20.7 Å². The van der Waals surface area contributed by atoms with Crippen molar-refractivity contribution < 1.29 is 23.1 Å². The number of rotatable bonds is 9. The van der Waals surface area contributed by atoms with Gasteiger partial charge in [-0.3, -0.25) is 14.9 Å². The molecule has 3 rings (SSSR count). The molecule has 0 saturated carbocycles. The second-order valence-electron chi connectivity index (χ2n) is 6.42. The molecule has 2 aromatic heterocycles. The molecule has 2 N–H and O–H groups in total. The summed E-state index contributed by atoms with van der Waals surface area (Å²) in [5, 5.41) is 17.2. The topological polar surface area (TPSA) is 116 Å². The van der Waals surface area contributed by atoms with Crippen LogP contribution in [0.5, 0.6) is 0 Å². The Kier molecular flexibility index (Phi) is 7.72. The minimum Gasteiger partial charge on any atom is -0.468 e. The number of alkyl halides is 2. The molecule has 170 valence electrons. The third-order valence-electron chi connectivity index (χ3n) is 4.22. The van der Waals surface area contributed by atoms with Gasteiger partial charge in [0.1, 0.15) is 6.04 Å². The molecular formula is C18H17Cl2F2N7O3. The first-order valence-corrected chi connectivity index (χ1v) is 9.83. The number of carbonyl (C=O) groups excluding carboxylic acids is 2. The molecule has 0 bridgehead atoms. The molecule has 0 radical (unpaired) electrons. The lowest BCUT2D eigenvalue weighted by atomic mass is 10.1. The number of methoxy groups -OCH3 is 1. The van der Waals surface area contributed by atoms with Crippen LogP contribution in [0, 0.1) is 0 Å². The molecule has 14 heteroatoms. The van der Waals surface area contributed by atoms with E-state index in [9.17, 15) is 18.4 Å². The lowest BCUT2D eigenvalue weighted by Crippen LogP contribution is -2.43. The minimum atomic E-state index is -2.80. The first kappa shape index (κ1) is 23.6. The number of nitrogens with zero attached hydrogens (tertiary/aromatic N) is 5. The summed E-state index contributed by atoms with van der Waals surface area (Å²) < 4.78 is 31.9. The molecule has 0 aliphatic rings. The quantitative estimate of drug-likeness (QED) is 0.445. The van der Waals surface area contributed by atoms with E-state index in [2.05, 4.69) is 26.0 Å². The summed E-state index contributed by atoms with van der Waals surface area (Å²) in [4.78, 5) is 24.6. The zero-order chi connectivity index (χ0) is 23.3. The number of hydrogen-bond acceptors (Lipinski definition) is 7. The Balaban J connectivity index is 1.68. The van der Waals surface area contributed by atoms with Gasteiger partial charge in [-0.1, -0.05) is 28.4 Å². The predicted octanol–water partition coefficient (Wildman–Crippen LogP) is 2.48. The number of benzene rings is 1. The number of esters is 1. The Hall–Kier alpha value is -3.09. The molecule has 1 aromatic carbocycles. The van der Waals surface area contributed by atoms with Crippen LogP contribution in [0.3, 0.4) is 0 Å². The predicted molar refractivity (Wildman–Crippen MR) is 111 cm³/mol. The van der Waals surface area contributed by atoms with Crippen LogP contribution in [-0.4, -0.2) is 56.3 Å². The monoisotopic (exact) mass is 487 g/mol. The second kappa shape index (κ2) is 10.5. The van der Waals surface area contributed by atoms with Gasteiger partial charge in [-0.2, -0.15) is 13.9 Å². The molecule has 2 heterocycles. The summed E-state index contributed by atoms with van der Waals surface area (Å²) in [7, 11) is 1.18. The van der Waals surface area contributed by atoms with Crippen molar-refractivity contribution in [2.24, 2.45) is 0 Å². The number of ether oxygens (including phenoxy) is 1. The second-order valence-corrected chi connectivity index (χ2v) is 7.24. The molecule has 0 aliphatic heterocycles. The summed E-state index contributed by atoms with van der Waals surface area (Å²) in [6.45, 7) is -3.09. The number of amides is 1. The van der Waals surface area contributed by atoms with Crippen molar-refractivity contribution in [2.75, 3.05) is 19.0 Å². The largest absolute Gasteiger partial charge is 0.468 e. The molecule has 1 unspecified atom stereocenters. The third-order valence-corrected chi connectivity index (χ3v) is 4.62. The van der Waals surface area contributed by atoms with Gasteiger partial charge >= 0.3 is 12.5 Å². The molecular weight excluding hydrogens is 471 g/mol. The first-order valence-electron chi connectivity index (χ1n) is 9.08. The van der Waals surface area contributed by atoms with E-state index in [0.29, 0.717) is 21.1 Å². The molecule has 1 amide bonds. The molecule has 0 spiro atoms. The highest BCUT2D eigenvalue weighted by atomic mass is 35.5. The minimum absolute atomic E-state index is 0.0560. The smallest absolute Gasteiger partial charge is 0.333 e. The molecule has 32 heavy (non-hydrogen) atoms. The number of halogens is 4. The number of hydrogen-bond donors (Lipinski definition) is 2. The Morgan fingerprint density at radius 3 is 2.66 bits per heavy atom. The van der Waals surface area contributed by atoms with Crippen molar-refractivity contribution in [3.8, 4) is 5.69 Å². The van der Waals surface area contributed by atoms with Gasteiger partial charge in [0, 0.05) is 17.6 Å². The molecule has 10 nitrogen and oxygen atoms in total. The van der Waals surface area contributed by atoms with Gasteiger partial charge in [-0.05, 0) is 24.3 Å². The standard InChI is InChI=1S/C18H17Cl2F2N7O3/c1-32-17(31)13(7-11-4-5-28(26-11)18(21)22)23-8-16(30)24-12-6-10(19)2-3-14(12)29-9-15(20)25-27-29/h2-6,9,13,18,23H,7-8H2,1H3,(H,24,30). The van der Waals surface area contributed by atoms with Crippen LogP contribution in [0.4, 0.5) is 14.5 Å². The van der Waals surface area contributed by atoms with Gasteiger partial charge in [0.05, 0.1) is 36.9 Å². The van der Waals surface area contributed by atoms with Gasteiger partial charge in [0.2, 0.25) is 5.91 Å². The lowest BCUT2D eigenvalue weighted by Gasteiger charge is -2.16. The summed E-state index contributed by atoms with van der Waals surface area (Å²) in [5.41, 5.74) is 1.02. The van der Waals surface area contributed by atoms with E-state index in [1.165, 1.54) is 30.1 Å². The Morgan fingerprint density at radius 1 is 1.25 bits per heavy atom. The van der Waals surface area contributed by atoms with Crippen molar-refractivity contribution in [3.05, 3.63) is 52.5 Å². The fourth-order valence-electron chi connectivity index (χ4n) is 2.76. The first-order chi connectivity index (χ1) is 15.3. The molecule has 0 saturated heterocycles. The maximum Gasteiger partial charge on any atom is 0.333 e. The zero-order valence-electron chi connectivity index (χ0n) is 16.5. The number of anilines is 1. The van der Waals surface area contributed by atoms with E-state index in [4.69, 9.17) is 27.9 Å². The van der Waals surface area contributed by atoms with Gasteiger partial charge in [-0.15, -0.1) is 5.10 Å². The Bertz CT molecular complexity index is 1110. The summed E-state index contributed by atoms with van der Waals surface area (Å²) in [6, 6.07) is 5.10. The van der Waals surface area contributed by atoms with E-state index in [0.717, 1.165) is 6.20 Å². The maximum absolute atomic E-state index is 12.7. The summed E-state index contributed by atoms with van der Waals surface area (Å²) in [6.07, 6.45) is 2.49. The molecule has 0 fully saturated rings. The average molecular weight is 488 g/mol. The van der Waals surface area contributed by atoms with Gasteiger partial charge in [0.15, 0.2) is 5.15 Å². The van der Waals surface area contributed by atoms with Crippen molar-refractivity contribution in [1.29, 1.82) is 0 Å². The molecule has 1 atom stereocenters. The van der Waals surface area contributed by atoms with E-state index in [-0.39, 0.29) is 23.8 Å². The van der Waals surface area contributed by atoms with Gasteiger partial charge < -0.3 is 10.1 Å². The van der Waals surface area contributed by atoms with Crippen molar-refractivity contribution >= 4 is 40.8 Å². The van der Waals surface area contributed by atoms with Crippen molar-refractivity contribution in [3.63, 3.8) is 0 Å². The van der Waals surface area contributed by atoms with Crippen LogP contribution >= 0.6 is 23.2 Å². The van der Waals surface area contributed by atoms with Gasteiger partial charge in [0.25, 0.3) is 0 Å². The normalized spacial score (nSPS) is 12.1.